The van der Waals surface area contributed by atoms with Gasteiger partial charge in [-0.15, -0.1) is 12.8 Å². The van der Waals surface area contributed by atoms with Gasteiger partial charge in [-0.1, -0.05) is 23.7 Å². The van der Waals surface area contributed by atoms with Crippen LogP contribution in [0.25, 0.3) is 6.08 Å². The highest BCUT2D eigenvalue weighted by atomic mass is 35.5. The standard InChI is InChI=1S/C17H20N4O2S.C9H9Cl.C2H2/c18-11-13-9-12(3-4-14(13)19)10-15-16(22)21(17(23)24-15)8-7-20-5-1-2-6-20;10-9-5-4-7-2-1-3-8(7)6-9;1-2/h3-4,9-11,18H,1-2,5-8,19H2;4-6H,1-3H2;1-2H/b15-10-,18-11?;;. The van der Waals surface area contributed by atoms with Crippen LogP contribution >= 0.6 is 23.4 Å². The smallest absolute Gasteiger partial charge is 0.293 e. The van der Waals surface area contributed by atoms with Gasteiger partial charge in [-0.2, -0.15) is 0 Å². The molecule has 2 fully saturated rings. The molecule has 0 bridgehead atoms. The van der Waals surface area contributed by atoms with Crippen molar-refractivity contribution in [2.75, 3.05) is 31.9 Å². The molecule has 188 valence electrons. The highest BCUT2D eigenvalue weighted by Crippen LogP contribution is 2.32. The third-order valence-electron chi connectivity index (χ3n) is 6.34. The molecule has 0 radical (unpaired) electrons. The van der Waals surface area contributed by atoms with Crippen LogP contribution in [0.3, 0.4) is 0 Å². The molecule has 8 heteroatoms. The molecule has 6 nitrogen and oxygen atoms in total. The number of nitrogen functional groups attached to an aromatic ring is 1. The fourth-order valence-corrected chi connectivity index (χ4v) is 5.50. The van der Waals surface area contributed by atoms with Gasteiger partial charge in [-0.25, -0.2) is 0 Å². The Morgan fingerprint density at radius 2 is 1.72 bits per heavy atom. The Hall–Kier alpha value is -3.05. The van der Waals surface area contributed by atoms with Crippen LogP contribution in [-0.2, 0) is 17.6 Å². The van der Waals surface area contributed by atoms with E-state index in [4.69, 9.17) is 22.7 Å². The van der Waals surface area contributed by atoms with Crippen molar-refractivity contribution >= 4 is 52.5 Å². The van der Waals surface area contributed by atoms with E-state index in [1.165, 1.54) is 54.3 Å². The largest absolute Gasteiger partial charge is 0.398 e. The summed E-state index contributed by atoms with van der Waals surface area (Å²) in [7, 11) is 0. The summed E-state index contributed by atoms with van der Waals surface area (Å²) in [5.41, 5.74) is 10.6. The summed E-state index contributed by atoms with van der Waals surface area (Å²) in [5, 5.41) is 8.00. The zero-order valence-corrected chi connectivity index (χ0v) is 21.8. The van der Waals surface area contributed by atoms with Gasteiger partial charge in [0.15, 0.2) is 0 Å². The Balaban J connectivity index is 0.000000249. The van der Waals surface area contributed by atoms with Gasteiger partial charge < -0.3 is 16.0 Å². The normalized spacial score (nSPS) is 17.9. The number of imide groups is 1. The minimum absolute atomic E-state index is 0.215. The quantitative estimate of drug-likeness (QED) is 0.235. The molecule has 3 N–H and O–H groups in total. The van der Waals surface area contributed by atoms with E-state index in [-0.39, 0.29) is 11.1 Å². The Kier molecular flexibility index (Phi) is 10.2. The molecule has 2 aromatic carbocycles. The molecule has 1 aliphatic carbocycles. The minimum atomic E-state index is -0.238. The van der Waals surface area contributed by atoms with Gasteiger partial charge in [0.05, 0.1) is 4.91 Å². The van der Waals surface area contributed by atoms with Crippen LogP contribution < -0.4 is 5.73 Å². The summed E-state index contributed by atoms with van der Waals surface area (Å²) >= 11 is 6.79. The molecule has 2 aliphatic heterocycles. The number of anilines is 1. The number of fused-ring (bicyclic) bond motifs is 1. The number of halogens is 1. The molecule has 2 amide bonds. The maximum atomic E-state index is 12.5. The average molecular weight is 523 g/mol. The number of thioether (sulfide) groups is 1. The molecule has 0 unspecified atom stereocenters. The Morgan fingerprint density at radius 1 is 1.00 bits per heavy atom. The summed E-state index contributed by atoms with van der Waals surface area (Å²) in [6.45, 7) is 3.27. The fourth-order valence-electron chi connectivity index (χ4n) is 4.44. The first-order chi connectivity index (χ1) is 17.4. The van der Waals surface area contributed by atoms with Crippen LogP contribution in [0, 0.1) is 18.3 Å². The van der Waals surface area contributed by atoms with Gasteiger partial charge in [0.25, 0.3) is 11.1 Å². The molecule has 0 spiro atoms. The number of hydrogen-bond acceptors (Lipinski definition) is 6. The molecule has 5 rings (SSSR count). The number of amides is 2. The van der Waals surface area contributed by atoms with E-state index in [0.717, 1.165) is 42.0 Å². The lowest BCUT2D eigenvalue weighted by Gasteiger charge is -2.18. The van der Waals surface area contributed by atoms with Crippen LogP contribution in [0.2, 0.25) is 5.02 Å². The number of benzene rings is 2. The van der Waals surface area contributed by atoms with Crippen LogP contribution in [0.15, 0.2) is 41.3 Å². The lowest BCUT2D eigenvalue weighted by atomic mass is 10.1. The second-order valence-corrected chi connectivity index (χ2v) is 10.1. The van der Waals surface area contributed by atoms with Gasteiger partial charge in [-0.3, -0.25) is 14.5 Å². The number of nitrogens with zero attached hydrogens (tertiary/aromatic N) is 2. The van der Waals surface area contributed by atoms with Crippen LogP contribution in [0.5, 0.6) is 0 Å². The topological polar surface area (TPSA) is 90.5 Å². The molecule has 2 saturated heterocycles. The van der Waals surface area contributed by atoms with Crippen molar-refractivity contribution in [2.45, 2.75) is 32.1 Å². The third-order valence-corrected chi connectivity index (χ3v) is 7.48. The second kappa shape index (κ2) is 13.3. The first kappa shape index (κ1) is 27.5. The number of nitrogens with one attached hydrogen (secondary N) is 1. The number of carbonyl (C=O) groups excluding carboxylic acids is 2. The van der Waals surface area contributed by atoms with Crippen molar-refractivity contribution < 1.29 is 9.59 Å². The highest BCUT2D eigenvalue weighted by molar-refractivity contribution is 8.18. The Morgan fingerprint density at radius 3 is 2.44 bits per heavy atom. The van der Waals surface area contributed by atoms with E-state index in [2.05, 4.69) is 29.9 Å². The van der Waals surface area contributed by atoms with Crippen LogP contribution in [0.4, 0.5) is 10.5 Å². The van der Waals surface area contributed by atoms with E-state index >= 15 is 0 Å². The third kappa shape index (κ3) is 7.01. The molecular weight excluding hydrogens is 492 g/mol. The predicted octanol–water partition coefficient (Wildman–Crippen LogP) is 5.48. The summed E-state index contributed by atoms with van der Waals surface area (Å²) in [6, 6.07) is 11.4. The maximum Gasteiger partial charge on any atom is 0.293 e. The number of carbonyl (C=O) groups is 2. The summed E-state index contributed by atoms with van der Waals surface area (Å²) < 4.78 is 0. The Bertz CT molecular complexity index is 1170. The zero-order valence-electron chi connectivity index (χ0n) is 20.2. The predicted molar refractivity (Wildman–Crippen MR) is 150 cm³/mol. The molecule has 36 heavy (non-hydrogen) atoms. The van der Waals surface area contributed by atoms with Crippen molar-refractivity contribution in [2.24, 2.45) is 0 Å². The van der Waals surface area contributed by atoms with Gasteiger partial charge in [0.2, 0.25) is 0 Å². The van der Waals surface area contributed by atoms with Crippen molar-refractivity contribution in [1.82, 2.24) is 9.80 Å². The van der Waals surface area contributed by atoms with E-state index in [0.29, 0.717) is 22.7 Å². The molecule has 0 atom stereocenters. The summed E-state index contributed by atoms with van der Waals surface area (Å²) in [5.74, 6) is -0.238. The van der Waals surface area contributed by atoms with Gasteiger partial charge in [0.1, 0.15) is 0 Å². The number of aryl methyl sites for hydroxylation is 2. The molecule has 2 aromatic rings. The summed E-state index contributed by atoms with van der Waals surface area (Å²) in [4.78, 5) is 28.6. The number of rotatable bonds is 5. The van der Waals surface area contributed by atoms with Gasteiger partial charge in [-0.05, 0) is 104 Å². The van der Waals surface area contributed by atoms with Crippen molar-refractivity contribution in [3.63, 3.8) is 0 Å². The average Bonchev–Trinajstić information content (AvgIpc) is 3.62. The number of hydrogen-bond donors (Lipinski definition) is 2. The molecule has 0 aromatic heterocycles. The van der Waals surface area contributed by atoms with Gasteiger partial charge >= 0.3 is 0 Å². The lowest BCUT2D eigenvalue weighted by molar-refractivity contribution is -0.122. The van der Waals surface area contributed by atoms with Crippen molar-refractivity contribution in [3.05, 3.63) is 68.6 Å². The first-order valence-corrected chi connectivity index (χ1v) is 13.1. The second-order valence-electron chi connectivity index (χ2n) is 8.68. The number of likely N-dealkylation sites (tertiary alicyclic amines) is 1. The monoisotopic (exact) mass is 522 g/mol. The summed E-state index contributed by atoms with van der Waals surface area (Å²) in [6.07, 6.45) is 17.0. The molecular formula is C28H31ClN4O2S. The van der Waals surface area contributed by atoms with E-state index in [1.807, 2.05) is 6.07 Å². The fraction of sp³-hybridized carbons (Fsp3) is 0.321. The SMILES string of the molecule is C#C.Clc1ccc2c(c1)CCC2.N=Cc1cc(/C=C2\SC(=O)N(CCN3CCCC3)C2=O)ccc1N. The van der Waals surface area contributed by atoms with Crippen molar-refractivity contribution in [3.8, 4) is 12.8 Å². The van der Waals surface area contributed by atoms with Crippen LogP contribution in [0.1, 0.15) is 41.5 Å². The first-order valence-electron chi connectivity index (χ1n) is 11.9. The molecule has 2 heterocycles. The zero-order chi connectivity index (χ0) is 26.1. The van der Waals surface area contributed by atoms with Crippen LogP contribution in [-0.4, -0.2) is 53.3 Å². The minimum Gasteiger partial charge on any atom is -0.398 e. The highest BCUT2D eigenvalue weighted by Gasteiger charge is 2.35. The van der Waals surface area contributed by atoms with Gasteiger partial charge in [0, 0.05) is 35.6 Å². The van der Waals surface area contributed by atoms with E-state index in [9.17, 15) is 9.59 Å². The molecule has 0 saturated carbocycles. The van der Waals surface area contributed by atoms with Crippen molar-refractivity contribution in [1.29, 1.82) is 5.41 Å². The number of nitrogens with two attached hydrogens (primary N) is 1. The van der Waals surface area contributed by atoms with E-state index < -0.39 is 0 Å². The molecule has 3 aliphatic rings. The van der Waals surface area contributed by atoms with E-state index in [1.54, 1.807) is 24.3 Å². The maximum absolute atomic E-state index is 12.5. The lowest BCUT2D eigenvalue weighted by Crippen LogP contribution is -2.36. The number of terminal acetylenes is 1. The Labute approximate surface area is 222 Å².